The second-order valence-corrected chi connectivity index (χ2v) is 9.18. The number of hydrogen-bond acceptors (Lipinski definition) is 6. The Labute approximate surface area is 157 Å². The Morgan fingerprint density at radius 2 is 1.77 bits per heavy atom. The van der Waals surface area contributed by atoms with Crippen molar-refractivity contribution in [3.63, 3.8) is 0 Å². The molecule has 26 heavy (non-hydrogen) atoms. The summed E-state index contributed by atoms with van der Waals surface area (Å²) < 4.78 is 32.7. The summed E-state index contributed by atoms with van der Waals surface area (Å²) in [6.07, 6.45) is 0. The highest BCUT2D eigenvalue weighted by Gasteiger charge is 2.17. The summed E-state index contributed by atoms with van der Waals surface area (Å²) in [5, 5.41) is 2.82. The van der Waals surface area contributed by atoms with Gasteiger partial charge in [0.1, 0.15) is 4.21 Å². The summed E-state index contributed by atoms with van der Waals surface area (Å²) in [6.45, 7) is 4.96. The van der Waals surface area contributed by atoms with Gasteiger partial charge in [0.2, 0.25) is 5.91 Å². The smallest absolute Gasteiger partial charge is 0.271 e. The Bertz CT molecular complexity index is 856. The molecule has 1 aliphatic rings. The minimum atomic E-state index is -3.58. The van der Waals surface area contributed by atoms with E-state index < -0.39 is 10.0 Å². The lowest BCUT2D eigenvalue weighted by atomic mass is 10.3. The molecule has 0 unspecified atom stereocenters. The molecule has 3 rings (SSSR count). The predicted molar refractivity (Wildman–Crippen MR) is 102 cm³/mol. The van der Waals surface area contributed by atoms with E-state index >= 15 is 0 Å². The van der Waals surface area contributed by atoms with Crippen LogP contribution >= 0.6 is 11.3 Å². The molecule has 7 nitrogen and oxygen atoms in total. The van der Waals surface area contributed by atoms with E-state index in [2.05, 4.69) is 10.0 Å². The first-order valence-corrected chi connectivity index (χ1v) is 10.5. The maximum Gasteiger partial charge on any atom is 0.271 e. The van der Waals surface area contributed by atoms with Gasteiger partial charge in [0, 0.05) is 29.3 Å². The van der Waals surface area contributed by atoms with Gasteiger partial charge in [-0.1, -0.05) is 0 Å². The number of thiophene rings is 1. The maximum absolute atomic E-state index is 12.3. The maximum atomic E-state index is 12.3. The number of amides is 1. The fourth-order valence-electron chi connectivity index (χ4n) is 2.55. The van der Waals surface area contributed by atoms with Gasteiger partial charge >= 0.3 is 0 Å². The number of nitrogens with one attached hydrogen (secondary N) is 2. The molecule has 1 aromatic carbocycles. The van der Waals surface area contributed by atoms with Gasteiger partial charge in [-0.05, 0) is 43.3 Å². The van der Waals surface area contributed by atoms with Crippen molar-refractivity contribution in [3.8, 4) is 0 Å². The normalized spacial score (nSPS) is 15.6. The molecule has 2 heterocycles. The summed E-state index contributed by atoms with van der Waals surface area (Å²) in [7, 11) is -3.58. The number of benzene rings is 1. The zero-order valence-electron chi connectivity index (χ0n) is 14.4. The molecule has 2 aromatic rings. The van der Waals surface area contributed by atoms with Gasteiger partial charge in [0.25, 0.3) is 10.0 Å². The molecule has 0 saturated carbocycles. The van der Waals surface area contributed by atoms with Crippen LogP contribution in [0.25, 0.3) is 0 Å². The van der Waals surface area contributed by atoms with Gasteiger partial charge in [-0.15, -0.1) is 11.3 Å². The minimum absolute atomic E-state index is 0.103. The molecule has 2 N–H and O–H groups in total. The largest absolute Gasteiger partial charge is 0.379 e. The highest BCUT2D eigenvalue weighted by atomic mass is 32.2. The zero-order valence-corrected chi connectivity index (χ0v) is 16.0. The van der Waals surface area contributed by atoms with Crippen LogP contribution in [0.5, 0.6) is 0 Å². The zero-order chi connectivity index (χ0) is 18.6. The van der Waals surface area contributed by atoms with Crippen molar-refractivity contribution >= 4 is 38.6 Å². The van der Waals surface area contributed by atoms with Crippen LogP contribution < -0.4 is 10.0 Å². The van der Waals surface area contributed by atoms with Crippen LogP contribution in [0.3, 0.4) is 0 Å². The van der Waals surface area contributed by atoms with Crippen molar-refractivity contribution < 1.29 is 17.9 Å². The summed E-state index contributed by atoms with van der Waals surface area (Å²) in [5.74, 6) is -0.103. The number of carbonyl (C=O) groups is 1. The number of rotatable bonds is 6. The molecule has 1 amide bonds. The molecule has 1 saturated heterocycles. The number of aryl methyl sites for hydroxylation is 1. The highest BCUT2D eigenvalue weighted by Crippen LogP contribution is 2.24. The molecule has 0 radical (unpaired) electrons. The Balaban J connectivity index is 1.57. The van der Waals surface area contributed by atoms with Gasteiger partial charge < -0.3 is 10.1 Å². The third-order valence-corrected chi connectivity index (χ3v) is 6.75. The average Bonchev–Trinajstić information content (AvgIpc) is 3.05. The summed E-state index contributed by atoms with van der Waals surface area (Å²) in [6, 6.07) is 9.96. The van der Waals surface area contributed by atoms with E-state index in [9.17, 15) is 13.2 Å². The van der Waals surface area contributed by atoms with Crippen molar-refractivity contribution in [2.24, 2.45) is 0 Å². The lowest BCUT2D eigenvalue weighted by molar-refractivity contribution is -0.118. The number of anilines is 2. The molecular formula is C17H21N3O4S2. The van der Waals surface area contributed by atoms with Crippen molar-refractivity contribution in [2.75, 3.05) is 42.9 Å². The molecule has 0 aliphatic carbocycles. The van der Waals surface area contributed by atoms with E-state index in [0.717, 1.165) is 18.0 Å². The van der Waals surface area contributed by atoms with E-state index in [-0.39, 0.29) is 10.1 Å². The number of morpholine rings is 1. The van der Waals surface area contributed by atoms with Crippen molar-refractivity contribution in [1.29, 1.82) is 0 Å². The van der Waals surface area contributed by atoms with Gasteiger partial charge in [-0.25, -0.2) is 8.42 Å². The topological polar surface area (TPSA) is 87.7 Å². The number of sulfonamides is 1. The third-order valence-electron chi connectivity index (χ3n) is 3.87. The lowest BCUT2D eigenvalue weighted by Gasteiger charge is -2.25. The van der Waals surface area contributed by atoms with Crippen molar-refractivity contribution in [3.05, 3.63) is 41.3 Å². The monoisotopic (exact) mass is 395 g/mol. The van der Waals surface area contributed by atoms with E-state index in [0.29, 0.717) is 31.1 Å². The Hall–Kier alpha value is -1.94. The molecule has 140 valence electrons. The predicted octanol–water partition coefficient (Wildman–Crippen LogP) is 2.13. The van der Waals surface area contributed by atoms with E-state index in [1.54, 1.807) is 36.4 Å². The molecule has 1 fully saturated rings. The van der Waals surface area contributed by atoms with Crippen LogP contribution in [0.4, 0.5) is 11.4 Å². The van der Waals surface area contributed by atoms with Gasteiger partial charge in [0.05, 0.1) is 19.8 Å². The Kier molecular flexibility index (Phi) is 5.92. The van der Waals surface area contributed by atoms with Gasteiger partial charge in [0.15, 0.2) is 0 Å². The fraction of sp³-hybridized carbons (Fsp3) is 0.353. The fourth-order valence-corrected chi connectivity index (χ4v) is 4.89. The van der Waals surface area contributed by atoms with Crippen LogP contribution in [0.1, 0.15) is 4.88 Å². The number of ether oxygens (including phenoxy) is 1. The SMILES string of the molecule is Cc1ccc(S(=O)(=O)Nc2ccc(NC(=O)CN3CCOCC3)cc2)s1. The molecule has 9 heteroatoms. The molecule has 0 bridgehead atoms. The molecule has 0 atom stereocenters. The first-order valence-electron chi connectivity index (χ1n) is 8.22. The van der Waals surface area contributed by atoms with Gasteiger partial charge in [-0.3, -0.25) is 14.4 Å². The van der Waals surface area contributed by atoms with Crippen LogP contribution in [0.15, 0.2) is 40.6 Å². The molecule has 1 aliphatic heterocycles. The van der Waals surface area contributed by atoms with Crippen molar-refractivity contribution in [2.45, 2.75) is 11.1 Å². The van der Waals surface area contributed by atoms with Crippen LogP contribution in [0.2, 0.25) is 0 Å². The first-order chi connectivity index (χ1) is 12.4. The van der Waals surface area contributed by atoms with Crippen LogP contribution in [-0.4, -0.2) is 52.1 Å². The number of nitrogens with zero attached hydrogens (tertiary/aromatic N) is 1. The second kappa shape index (κ2) is 8.17. The Morgan fingerprint density at radius 1 is 1.12 bits per heavy atom. The standard InChI is InChI=1S/C17H21N3O4S2/c1-13-2-7-17(25-13)26(22,23)19-15-5-3-14(4-6-15)18-16(21)12-20-8-10-24-11-9-20/h2-7,19H,8-12H2,1H3,(H,18,21). The van der Waals surface area contributed by atoms with Gasteiger partial charge in [-0.2, -0.15) is 0 Å². The molecule has 0 spiro atoms. The lowest BCUT2D eigenvalue weighted by Crippen LogP contribution is -2.41. The highest BCUT2D eigenvalue weighted by molar-refractivity contribution is 7.94. The molecule has 1 aromatic heterocycles. The van der Waals surface area contributed by atoms with Crippen LogP contribution in [0, 0.1) is 6.92 Å². The van der Waals surface area contributed by atoms with E-state index in [4.69, 9.17) is 4.74 Å². The van der Waals surface area contributed by atoms with Crippen LogP contribution in [-0.2, 0) is 19.6 Å². The third kappa shape index (κ3) is 5.04. The Morgan fingerprint density at radius 3 is 2.38 bits per heavy atom. The molecular weight excluding hydrogens is 374 g/mol. The average molecular weight is 396 g/mol. The first kappa shape index (κ1) is 18.8. The quantitative estimate of drug-likeness (QED) is 0.782. The summed E-state index contributed by atoms with van der Waals surface area (Å²) >= 11 is 1.22. The number of carbonyl (C=O) groups excluding carboxylic acids is 1. The van der Waals surface area contributed by atoms with E-state index in [1.807, 2.05) is 11.8 Å². The summed E-state index contributed by atoms with van der Waals surface area (Å²) in [5.41, 5.74) is 1.07. The van der Waals surface area contributed by atoms with E-state index in [1.165, 1.54) is 11.3 Å². The second-order valence-electron chi connectivity index (χ2n) is 5.98. The van der Waals surface area contributed by atoms with Crippen molar-refractivity contribution in [1.82, 2.24) is 4.90 Å². The summed E-state index contributed by atoms with van der Waals surface area (Å²) in [4.78, 5) is 15.0. The number of hydrogen-bond donors (Lipinski definition) is 2. The minimum Gasteiger partial charge on any atom is -0.379 e.